The van der Waals surface area contributed by atoms with Gasteiger partial charge in [-0.2, -0.15) is 11.3 Å². The van der Waals surface area contributed by atoms with Crippen molar-refractivity contribution < 1.29 is 18.7 Å². The lowest BCUT2D eigenvalue weighted by Gasteiger charge is -2.04. The molecule has 0 radical (unpaired) electrons. The molecule has 0 N–H and O–H groups in total. The zero-order valence-electron chi connectivity index (χ0n) is 7.53. The number of alkyl halides is 1. The van der Waals surface area contributed by atoms with Gasteiger partial charge >= 0.3 is 5.97 Å². The molecule has 0 saturated carbocycles. The minimum Gasteiger partial charge on any atom is -0.463 e. The van der Waals surface area contributed by atoms with Gasteiger partial charge in [0.2, 0.25) is 5.78 Å². The van der Waals surface area contributed by atoms with E-state index in [1.165, 1.54) is 22.8 Å². The zero-order valence-corrected chi connectivity index (χ0v) is 8.34. The number of esters is 1. The molecule has 1 heterocycles. The Bertz CT molecular complexity index is 321. The Morgan fingerprint density at radius 1 is 1.64 bits per heavy atom. The van der Waals surface area contributed by atoms with Crippen molar-refractivity contribution in [3.63, 3.8) is 0 Å². The number of carbonyl (C=O) groups is 2. The Hall–Kier alpha value is -1.23. The van der Waals surface area contributed by atoms with Crippen LogP contribution in [-0.2, 0) is 9.53 Å². The Kier molecular flexibility index (Phi) is 3.76. The van der Waals surface area contributed by atoms with Crippen LogP contribution >= 0.6 is 11.3 Å². The summed E-state index contributed by atoms with van der Waals surface area (Å²) in [5.74, 6) is -1.96. The molecule has 1 aromatic heterocycles. The standard InChI is InChI=1S/C9H9FO3S/c1-2-13-9(12)7(10)8(11)6-3-4-14-5-6/h3-5,7H,2H2,1H3. The first kappa shape index (κ1) is 10.8. The Morgan fingerprint density at radius 2 is 2.36 bits per heavy atom. The molecule has 0 aliphatic carbocycles. The second kappa shape index (κ2) is 4.85. The molecule has 0 saturated heterocycles. The third kappa shape index (κ3) is 2.38. The predicted molar refractivity (Wildman–Crippen MR) is 50.2 cm³/mol. The van der Waals surface area contributed by atoms with Crippen LogP contribution in [0.25, 0.3) is 0 Å². The van der Waals surface area contributed by atoms with Crippen LogP contribution in [0, 0.1) is 0 Å². The molecule has 1 atom stereocenters. The first-order valence-electron chi connectivity index (χ1n) is 4.04. The largest absolute Gasteiger partial charge is 0.463 e. The van der Waals surface area contributed by atoms with E-state index in [2.05, 4.69) is 4.74 Å². The van der Waals surface area contributed by atoms with Crippen LogP contribution in [0.4, 0.5) is 4.39 Å². The van der Waals surface area contributed by atoms with Crippen molar-refractivity contribution in [2.75, 3.05) is 6.61 Å². The molecule has 0 amide bonds. The maximum Gasteiger partial charge on any atom is 0.348 e. The molecule has 0 spiro atoms. The predicted octanol–water partition coefficient (Wildman–Crippen LogP) is 1.83. The van der Waals surface area contributed by atoms with Gasteiger partial charge < -0.3 is 4.74 Å². The van der Waals surface area contributed by atoms with Crippen LogP contribution < -0.4 is 0 Å². The molecule has 0 aliphatic heterocycles. The van der Waals surface area contributed by atoms with E-state index in [4.69, 9.17) is 0 Å². The Labute approximate surface area is 84.5 Å². The lowest BCUT2D eigenvalue weighted by atomic mass is 10.1. The number of hydrogen-bond acceptors (Lipinski definition) is 4. The fourth-order valence-corrected chi connectivity index (χ4v) is 1.52. The maximum absolute atomic E-state index is 13.1. The summed E-state index contributed by atoms with van der Waals surface area (Å²) in [7, 11) is 0. The number of ketones is 1. The molecule has 5 heteroatoms. The number of Topliss-reactive ketones (excluding diaryl/α,β-unsaturated/α-hetero) is 1. The van der Waals surface area contributed by atoms with Gasteiger partial charge in [-0.1, -0.05) is 0 Å². The number of halogens is 1. The molecule has 0 aromatic carbocycles. The summed E-state index contributed by atoms with van der Waals surface area (Å²) in [5, 5.41) is 3.14. The summed E-state index contributed by atoms with van der Waals surface area (Å²) < 4.78 is 17.5. The molecule has 1 unspecified atom stereocenters. The zero-order chi connectivity index (χ0) is 10.6. The number of rotatable bonds is 4. The van der Waals surface area contributed by atoms with Crippen LogP contribution in [0.15, 0.2) is 16.8 Å². The molecule has 3 nitrogen and oxygen atoms in total. The number of hydrogen-bond donors (Lipinski definition) is 0. The van der Waals surface area contributed by atoms with E-state index in [-0.39, 0.29) is 12.2 Å². The molecule has 0 bridgehead atoms. The summed E-state index contributed by atoms with van der Waals surface area (Å²) in [6.45, 7) is 1.62. The van der Waals surface area contributed by atoms with Crippen LogP contribution in [0.1, 0.15) is 17.3 Å². The molecule has 0 fully saturated rings. The number of thiophene rings is 1. The molecule has 14 heavy (non-hydrogen) atoms. The van der Waals surface area contributed by atoms with Gasteiger partial charge in [-0.05, 0) is 18.4 Å². The van der Waals surface area contributed by atoms with Crippen molar-refractivity contribution in [2.24, 2.45) is 0 Å². The average molecular weight is 216 g/mol. The summed E-state index contributed by atoms with van der Waals surface area (Å²) in [6.07, 6.45) is -2.20. The molecular formula is C9H9FO3S. The monoisotopic (exact) mass is 216 g/mol. The quantitative estimate of drug-likeness (QED) is 0.438. The number of ether oxygens (including phenoxy) is 1. The van der Waals surface area contributed by atoms with Crippen LogP contribution in [0.5, 0.6) is 0 Å². The molecule has 1 aromatic rings. The van der Waals surface area contributed by atoms with E-state index in [1.807, 2.05) is 0 Å². The van der Waals surface area contributed by atoms with Gasteiger partial charge in [0.25, 0.3) is 6.17 Å². The highest BCUT2D eigenvalue weighted by Crippen LogP contribution is 2.11. The second-order valence-corrected chi connectivity index (χ2v) is 3.27. The topological polar surface area (TPSA) is 43.4 Å². The smallest absolute Gasteiger partial charge is 0.348 e. The minimum absolute atomic E-state index is 0.0656. The molecule has 1 rings (SSSR count). The van der Waals surface area contributed by atoms with Crippen molar-refractivity contribution in [1.82, 2.24) is 0 Å². The highest BCUT2D eigenvalue weighted by Gasteiger charge is 2.28. The third-order valence-corrected chi connectivity index (χ3v) is 2.21. The first-order chi connectivity index (χ1) is 6.66. The van der Waals surface area contributed by atoms with E-state index >= 15 is 0 Å². The van der Waals surface area contributed by atoms with E-state index in [0.29, 0.717) is 0 Å². The second-order valence-electron chi connectivity index (χ2n) is 2.49. The Balaban J connectivity index is 2.66. The van der Waals surface area contributed by atoms with Crippen molar-refractivity contribution >= 4 is 23.1 Å². The normalized spacial score (nSPS) is 12.1. The van der Waals surface area contributed by atoms with Gasteiger partial charge in [-0.3, -0.25) is 4.79 Å². The van der Waals surface area contributed by atoms with E-state index in [1.54, 1.807) is 12.3 Å². The molecular weight excluding hydrogens is 207 g/mol. The van der Waals surface area contributed by atoms with Crippen molar-refractivity contribution in [2.45, 2.75) is 13.1 Å². The van der Waals surface area contributed by atoms with Gasteiger partial charge in [0, 0.05) is 10.9 Å². The summed E-state index contributed by atoms with van der Waals surface area (Å²) >= 11 is 1.27. The van der Waals surface area contributed by atoms with Gasteiger partial charge in [0.1, 0.15) is 0 Å². The van der Waals surface area contributed by atoms with Crippen LogP contribution in [0.3, 0.4) is 0 Å². The van der Waals surface area contributed by atoms with Crippen molar-refractivity contribution in [3.8, 4) is 0 Å². The molecule has 0 aliphatic rings. The van der Waals surface area contributed by atoms with Gasteiger partial charge in [-0.15, -0.1) is 0 Å². The SMILES string of the molecule is CCOC(=O)C(F)C(=O)c1ccsc1. The van der Waals surface area contributed by atoms with E-state index in [9.17, 15) is 14.0 Å². The summed E-state index contributed by atoms with van der Waals surface area (Å²) in [6, 6.07) is 1.47. The average Bonchev–Trinajstić information content (AvgIpc) is 2.68. The van der Waals surface area contributed by atoms with Crippen molar-refractivity contribution in [3.05, 3.63) is 22.4 Å². The van der Waals surface area contributed by atoms with E-state index < -0.39 is 17.9 Å². The fraction of sp³-hybridized carbons (Fsp3) is 0.333. The van der Waals surface area contributed by atoms with Crippen LogP contribution in [0.2, 0.25) is 0 Å². The highest BCUT2D eigenvalue weighted by molar-refractivity contribution is 7.08. The minimum atomic E-state index is -2.20. The summed E-state index contributed by atoms with van der Waals surface area (Å²) in [5.41, 5.74) is 0.204. The van der Waals surface area contributed by atoms with Crippen molar-refractivity contribution in [1.29, 1.82) is 0 Å². The van der Waals surface area contributed by atoms with E-state index in [0.717, 1.165) is 0 Å². The maximum atomic E-state index is 13.1. The first-order valence-corrected chi connectivity index (χ1v) is 4.98. The summed E-state index contributed by atoms with van der Waals surface area (Å²) in [4.78, 5) is 22.1. The lowest BCUT2D eigenvalue weighted by molar-refractivity contribution is -0.147. The van der Waals surface area contributed by atoms with Gasteiger partial charge in [-0.25, -0.2) is 9.18 Å². The number of carbonyl (C=O) groups excluding carboxylic acids is 2. The van der Waals surface area contributed by atoms with Crippen LogP contribution in [-0.4, -0.2) is 24.5 Å². The highest BCUT2D eigenvalue weighted by atomic mass is 32.1. The van der Waals surface area contributed by atoms with Gasteiger partial charge in [0.05, 0.1) is 6.61 Å². The molecule has 76 valence electrons. The Morgan fingerprint density at radius 3 is 2.86 bits per heavy atom. The lowest BCUT2D eigenvalue weighted by Crippen LogP contribution is -2.27. The third-order valence-electron chi connectivity index (χ3n) is 1.53. The fourth-order valence-electron chi connectivity index (χ4n) is 0.873. The van der Waals surface area contributed by atoms with Gasteiger partial charge in [0.15, 0.2) is 0 Å².